The van der Waals surface area contributed by atoms with Crippen LogP contribution in [0.3, 0.4) is 0 Å². The van der Waals surface area contributed by atoms with E-state index >= 15 is 0 Å². The zero-order chi connectivity index (χ0) is 14.1. The molecule has 1 aromatic rings. The molecule has 0 aliphatic heterocycles. The van der Waals surface area contributed by atoms with Gasteiger partial charge < -0.3 is 0 Å². The van der Waals surface area contributed by atoms with Crippen molar-refractivity contribution in [2.24, 2.45) is 17.8 Å². The van der Waals surface area contributed by atoms with Crippen molar-refractivity contribution in [3.63, 3.8) is 0 Å². The molecule has 0 fully saturated rings. The van der Waals surface area contributed by atoms with Crippen molar-refractivity contribution in [3.05, 3.63) is 65.3 Å². The van der Waals surface area contributed by atoms with Gasteiger partial charge in [0.1, 0.15) is 0 Å². The van der Waals surface area contributed by atoms with Gasteiger partial charge in [-0.15, -0.1) is 0 Å². The normalized spacial score (nSPS) is 24.6. The summed E-state index contributed by atoms with van der Waals surface area (Å²) in [6, 6.07) is 9.13. The summed E-state index contributed by atoms with van der Waals surface area (Å²) in [5.74, 6) is 1.95. The Hall–Kier alpha value is -1.56. The molecule has 2 atom stereocenters. The van der Waals surface area contributed by atoms with E-state index < -0.39 is 0 Å². The lowest BCUT2D eigenvalue weighted by atomic mass is 9.81. The van der Waals surface area contributed by atoms with Crippen LogP contribution in [0.1, 0.15) is 38.3 Å². The summed E-state index contributed by atoms with van der Waals surface area (Å²) in [5, 5.41) is 0. The van der Waals surface area contributed by atoms with Crippen molar-refractivity contribution >= 4 is 5.57 Å². The van der Waals surface area contributed by atoms with Crippen LogP contribution in [0.15, 0.2) is 54.1 Å². The van der Waals surface area contributed by atoms with Crippen molar-refractivity contribution in [1.29, 1.82) is 0 Å². The number of benzene rings is 1. The van der Waals surface area contributed by atoms with E-state index in [1.54, 1.807) is 5.57 Å². The molecule has 0 saturated carbocycles. The van der Waals surface area contributed by atoms with Gasteiger partial charge in [-0.05, 0) is 41.4 Å². The molecule has 2 unspecified atom stereocenters. The van der Waals surface area contributed by atoms with Crippen LogP contribution >= 0.6 is 0 Å². The maximum Gasteiger partial charge on any atom is 0.00926 e. The first-order chi connectivity index (χ1) is 9.69. The van der Waals surface area contributed by atoms with Crippen molar-refractivity contribution in [3.8, 4) is 0 Å². The molecule has 0 saturated heterocycles. The first kappa shape index (κ1) is 13.4. The molecule has 3 rings (SSSR count). The third-order valence-corrected chi connectivity index (χ3v) is 4.76. The summed E-state index contributed by atoms with van der Waals surface area (Å²) in [7, 11) is 0. The van der Waals surface area contributed by atoms with E-state index in [0.717, 1.165) is 6.42 Å². The molecule has 104 valence electrons. The van der Waals surface area contributed by atoms with Crippen LogP contribution < -0.4 is 0 Å². The number of aryl methyl sites for hydroxylation is 1. The van der Waals surface area contributed by atoms with Crippen LogP contribution in [0.25, 0.3) is 5.57 Å². The van der Waals surface area contributed by atoms with E-state index in [-0.39, 0.29) is 0 Å². The van der Waals surface area contributed by atoms with Crippen molar-refractivity contribution < 1.29 is 0 Å². The van der Waals surface area contributed by atoms with Gasteiger partial charge in [-0.2, -0.15) is 0 Å². The number of rotatable bonds is 3. The maximum atomic E-state index is 2.53. The summed E-state index contributed by atoms with van der Waals surface area (Å²) in [6.07, 6.45) is 11.8. The maximum absolute atomic E-state index is 2.53. The first-order valence-electron chi connectivity index (χ1n) is 7.87. The second-order valence-corrected chi connectivity index (χ2v) is 6.35. The molecule has 0 amide bonds. The summed E-state index contributed by atoms with van der Waals surface area (Å²) in [5.41, 5.74) is 5.93. The minimum Gasteiger partial charge on any atom is -0.0802 e. The largest absolute Gasteiger partial charge is 0.0802 e. The van der Waals surface area contributed by atoms with Crippen LogP contribution in [-0.2, 0) is 6.42 Å². The Labute approximate surface area is 122 Å². The molecule has 0 radical (unpaired) electrons. The smallest absolute Gasteiger partial charge is 0.00926 e. The van der Waals surface area contributed by atoms with Crippen LogP contribution in [0.2, 0.25) is 0 Å². The highest BCUT2D eigenvalue weighted by atomic mass is 14.3. The van der Waals surface area contributed by atoms with Crippen molar-refractivity contribution in [2.45, 2.75) is 33.6 Å². The number of hydrogen-bond donors (Lipinski definition) is 0. The summed E-state index contributed by atoms with van der Waals surface area (Å²) in [6.45, 7) is 6.83. The Bertz CT molecular complexity index is 567. The fourth-order valence-electron chi connectivity index (χ4n) is 3.39. The lowest BCUT2D eigenvalue weighted by Crippen LogP contribution is -2.10. The molecule has 20 heavy (non-hydrogen) atoms. The highest BCUT2D eigenvalue weighted by molar-refractivity contribution is 5.73. The molecule has 0 aromatic heterocycles. The van der Waals surface area contributed by atoms with Gasteiger partial charge in [0.2, 0.25) is 0 Å². The van der Waals surface area contributed by atoms with E-state index in [1.165, 1.54) is 23.1 Å². The Kier molecular flexibility index (Phi) is 3.65. The minimum absolute atomic E-state index is 0.588. The molecule has 0 nitrogen and oxygen atoms in total. The number of hydrogen-bond acceptors (Lipinski definition) is 0. The lowest BCUT2D eigenvalue weighted by molar-refractivity contribution is 0.585. The Morgan fingerprint density at radius 1 is 1.15 bits per heavy atom. The predicted octanol–water partition coefficient (Wildman–Crippen LogP) is 5.42. The quantitative estimate of drug-likeness (QED) is 0.639. The van der Waals surface area contributed by atoms with Gasteiger partial charge in [0, 0.05) is 5.92 Å². The van der Waals surface area contributed by atoms with Gasteiger partial charge in [0.05, 0.1) is 0 Å². The van der Waals surface area contributed by atoms with Gasteiger partial charge in [0.15, 0.2) is 0 Å². The van der Waals surface area contributed by atoms with E-state index in [2.05, 4.69) is 69.3 Å². The third kappa shape index (κ3) is 2.40. The van der Waals surface area contributed by atoms with E-state index in [1.807, 2.05) is 0 Å². The summed E-state index contributed by atoms with van der Waals surface area (Å²) >= 11 is 0. The topological polar surface area (TPSA) is 0 Å². The second-order valence-electron chi connectivity index (χ2n) is 6.35. The molecule has 2 aliphatic rings. The molecular formula is C20H24. The average Bonchev–Trinajstić information content (AvgIpc) is 2.91. The van der Waals surface area contributed by atoms with Crippen LogP contribution in [-0.4, -0.2) is 0 Å². The van der Waals surface area contributed by atoms with Crippen molar-refractivity contribution in [1.82, 2.24) is 0 Å². The van der Waals surface area contributed by atoms with E-state index in [9.17, 15) is 0 Å². The highest BCUT2D eigenvalue weighted by Crippen LogP contribution is 2.44. The highest BCUT2D eigenvalue weighted by Gasteiger charge is 2.31. The average molecular weight is 264 g/mol. The lowest BCUT2D eigenvalue weighted by Gasteiger charge is -2.23. The molecule has 0 N–H and O–H groups in total. The third-order valence-electron chi connectivity index (χ3n) is 4.76. The second kappa shape index (κ2) is 5.44. The number of fused-ring (bicyclic) bond motifs is 1. The van der Waals surface area contributed by atoms with E-state index in [4.69, 9.17) is 0 Å². The SMILES string of the molecule is CCc1ccc(C2=CC=CC3CC(C(C)C)=CC23)cc1. The van der Waals surface area contributed by atoms with Gasteiger partial charge in [0.25, 0.3) is 0 Å². The van der Waals surface area contributed by atoms with E-state index in [0.29, 0.717) is 17.8 Å². The monoisotopic (exact) mass is 264 g/mol. The zero-order valence-electron chi connectivity index (χ0n) is 12.8. The van der Waals surface area contributed by atoms with Gasteiger partial charge >= 0.3 is 0 Å². The molecule has 0 bridgehead atoms. The molecule has 0 spiro atoms. The van der Waals surface area contributed by atoms with Crippen molar-refractivity contribution in [2.75, 3.05) is 0 Å². The summed E-state index contributed by atoms with van der Waals surface area (Å²) < 4.78 is 0. The molecule has 1 aromatic carbocycles. The Balaban J connectivity index is 1.92. The standard InChI is InChI=1S/C20H24/c1-4-15-8-10-16(11-9-15)19-7-5-6-17-12-18(14(2)3)13-20(17)19/h5-11,13-14,17,20H,4,12H2,1-3H3. The molecule has 0 heteroatoms. The van der Waals surface area contributed by atoms with Crippen LogP contribution in [0.4, 0.5) is 0 Å². The fraction of sp³-hybridized carbons (Fsp3) is 0.400. The van der Waals surface area contributed by atoms with Gasteiger partial charge in [-0.1, -0.05) is 74.9 Å². The molecule has 0 heterocycles. The predicted molar refractivity (Wildman–Crippen MR) is 87.5 cm³/mol. The molecular weight excluding hydrogens is 240 g/mol. The van der Waals surface area contributed by atoms with Crippen LogP contribution in [0.5, 0.6) is 0 Å². The first-order valence-corrected chi connectivity index (χ1v) is 7.87. The Morgan fingerprint density at radius 2 is 1.90 bits per heavy atom. The number of allylic oxidation sites excluding steroid dienone is 6. The molecule has 2 aliphatic carbocycles. The minimum atomic E-state index is 0.588. The zero-order valence-corrected chi connectivity index (χ0v) is 12.8. The van der Waals surface area contributed by atoms with Gasteiger partial charge in [-0.3, -0.25) is 0 Å². The fourth-order valence-corrected chi connectivity index (χ4v) is 3.39. The van der Waals surface area contributed by atoms with Crippen LogP contribution in [0, 0.1) is 17.8 Å². The Morgan fingerprint density at radius 3 is 2.55 bits per heavy atom. The summed E-state index contributed by atoms with van der Waals surface area (Å²) in [4.78, 5) is 0. The van der Waals surface area contributed by atoms with Gasteiger partial charge in [-0.25, -0.2) is 0 Å².